The Morgan fingerprint density at radius 2 is 1.72 bits per heavy atom. The van der Waals surface area contributed by atoms with Crippen LogP contribution < -0.4 is 15.8 Å². The van der Waals surface area contributed by atoms with Crippen molar-refractivity contribution in [1.82, 2.24) is 0 Å². The lowest BCUT2D eigenvalue weighted by Gasteiger charge is -2.10. The predicted molar refractivity (Wildman–Crippen MR) is 98.6 cm³/mol. The molecule has 0 aliphatic carbocycles. The van der Waals surface area contributed by atoms with Crippen LogP contribution in [0, 0.1) is 11.3 Å². The van der Waals surface area contributed by atoms with Gasteiger partial charge in [0, 0.05) is 5.69 Å². The summed E-state index contributed by atoms with van der Waals surface area (Å²) < 4.78 is 40.0. The molecule has 0 spiro atoms. The van der Waals surface area contributed by atoms with Crippen molar-refractivity contribution in [3.05, 3.63) is 59.7 Å². The molecule has 5 nitrogen and oxygen atoms in total. The molecule has 0 aliphatic heterocycles. The number of halogens is 4. The van der Waals surface area contributed by atoms with Gasteiger partial charge >= 0.3 is 6.36 Å². The zero-order valence-corrected chi connectivity index (χ0v) is 15.1. The van der Waals surface area contributed by atoms with Gasteiger partial charge in [0.05, 0.1) is 18.2 Å². The summed E-state index contributed by atoms with van der Waals surface area (Å²) in [6.45, 7) is 0.305. The van der Waals surface area contributed by atoms with E-state index < -0.39 is 6.36 Å². The Morgan fingerprint density at radius 3 is 2.24 bits per heavy atom. The van der Waals surface area contributed by atoms with E-state index in [0.29, 0.717) is 17.8 Å². The molecule has 0 bridgehead atoms. The third kappa shape index (κ3) is 7.30. The third-order valence-electron chi connectivity index (χ3n) is 2.88. The Labute approximate surface area is 159 Å². The fourth-order valence-corrected chi connectivity index (χ4v) is 1.79. The molecule has 2 aromatic carbocycles. The van der Waals surface area contributed by atoms with Gasteiger partial charge in [-0.2, -0.15) is 5.26 Å². The second-order valence-electron chi connectivity index (χ2n) is 4.71. The average molecular weight is 462 g/mol. The van der Waals surface area contributed by atoms with Gasteiger partial charge in [-0.25, -0.2) is 4.99 Å². The first-order valence-electron chi connectivity index (χ1n) is 6.77. The Bertz CT molecular complexity index is 753. The topological polar surface area (TPSA) is 83.4 Å². The van der Waals surface area contributed by atoms with Gasteiger partial charge in [-0.3, -0.25) is 0 Å². The molecule has 0 saturated carbocycles. The zero-order valence-electron chi connectivity index (χ0n) is 12.7. The van der Waals surface area contributed by atoms with Crippen molar-refractivity contribution < 1.29 is 17.9 Å². The number of ether oxygens (including phenoxy) is 1. The highest BCUT2D eigenvalue weighted by Gasteiger charge is 2.30. The number of hydrogen-bond acceptors (Lipinski definition) is 3. The standard InChI is InChI=1S/C16H13F3N4O.HI/c17-16(18,19)24-14-7-5-13(6-8-14)23-15(21)22-10-12-3-1-11(9-20)2-4-12;/h1-8H,10H2,(H3,21,22,23);1H. The number of nitriles is 1. The largest absolute Gasteiger partial charge is 0.573 e. The van der Waals surface area contributed by atoms with E-state index >= 15 is 0 Å². The van der Waals surface area contributed by atoms with Crippen LogP contribution in [0.3, 0.4) is 0 Å². The van der Waals surface area contributed by atoms with Crippen LogP contribution >= 0.6 is 24.0 Å². The summed E-state index contributed by atoms with van der Waals surface area (Å²) in [7, 11) is 0. The fourth-order valence-electron chi connectivity index (χ4n) is 1.79. The molecule has 0 fully saturated rings. The second-order valence-corrected chi connectivity index (χ2v) is 4.71. The van der Waals surface area contributed by atoms with E-state index in [1.54, 1.807) is 24.3 Å². The van der Waals surface area contributed by atoms with Gasteiger partial charge in [0.1, 0.15) is 5.75 Å². The number of nitrogens with zero attached hydrogens (tertiary/aromatic N) is 2. The average Bonchev–Trinajstić information content (AvgIpc) is 2.54. The summed E-state index contributed by atoms with van der Waals surface area (Å²) in [5.41, 5.74) is 7.62. The van der Waals surface area contributed by atoms with E-state index in [4.69, 9.17) is 11.0 Å². The van der Waals surface area contributed by atoms with E-state index in [2.05, 4.69) is 15.0 Å². The third-order valence-corrected chi connectivity index (χ3v) is 2.88. The summed E-state index contributed by atoms with van der Waals surface area (Å²) in [5.74, 6) is -0.204. The van der Waals surface area contributed by atoms with Crippen molar-refractivity contribution in [3.63, 3.8) is 0 Å². The normalized spacial score (nSPS) is 11.2. The number of alkyl halides is 3. The van der Waals surface area contributed by atoms with E-state index in [0.717, 1.165) is 5.56 Å². The Kier molecular flexibility index (Phi) is 7.50. The lowest BCUT2D eigenvalue weighted by atomic mass is 10.1. The van der Waals surface area contributed by atoms with E-state index in [1.807, 2.05) is 6.07 Å². The number of nitrogens with one attached hydrogen (secondary N) is 1. The number of benzene rings is 2. The molecule has 9 heteroatoms. The second kappa shape index (κ2) is 9.12. The summed E-state index contributed by atoms with van der Waals surface area (Å²) in [6.07, 6.45) is -4.73. The fraction of sp³-hybridized carbons (Fsp3) is 0.125. The van der Waals surface area contributed by atoms with Gasteiger partial charge in [-0.15, -0.1) is 37.1 Å². The first-order chi connectivity index (χ1) is 11.4. The number of aliphatic imine (C=N–C) groups is 1. The molecule has 0 heterocycles. The zero-order chi connectivity index (χ0) is 17.6. The quantitative estimate of drug-likeness (QED) is 0.409. The Balaban J connectivity index is 0.00000312. The summed E-state index contributed by atoms with van der Waals surface area (Å²) in [5, 5.41) is 11.5. The molecule has 0 unspecified atom stereocenters. The van der Waals surface area contributed by atoms with Gasteiger partial charge in [0.25, 0.3) is 0 Å². The van der Waals surface area contributed by atoms with E-state index in [-0.39, 0.29) is 35.7 Å². The molecule has 0 amide bonds. The first kappa shape index (κ1) is 20.6. The van der Waals surface area contributed by atoms with Crippen LogP contribution in [-0.2, 0) is 6.54 Å². The lowest BCUT2D eigenvalue weighted by molar-refractivity contribution is -0.274. The highest BCUT2D eigenvalue weighted by molar-refractivity contribution is 14.0. The van der Waals surface area contributed by atoms with Crippen molar-refractivity contribution in [2.45, 2.75) is 12.9 Å². The first-order valence-corrected chi connectivity index (χ1v) is 6.77. The van der Waals surface area contributed by atoms with Gasteiger partial charge < -0.3 is 15.8 Å². The number of nitrogens with two attached hydrogens (primary N) is 1. The van der Waals surface area contributed by atoms with E-state index in [1.165, 1.54) is 24.3 Å². The molecule has 132 valence electrons. The molecule has 2 rings (SSSR count). The van der Waals surface area contributed by atoms with Gasteiger partial charge in [0.15, 0.2) is 5.96 Å². The molecule has 0 atom stereocenters. The summed E-state index contributed by atoms with van der Waals surface area (Å²) in [4.78, 5) is 4.12. The molecule has 0 aromatic heterocycles. The molecule has 25 heavy (non-hydrogen) atoms. The number of hydrogen-bond donors (Lipinski definition) is 2. The van der Waals surface area contributed by atoms with Crippen LogP contribution in [0.1, 0.15) is 11.1 Å². The Hall–Kier alpha value is -2.48. The molecule has 0 radical (unpaired) electrons. The van der Waals surface area contributed by atoms with Crippen molar-refractivity contribution >= 4 is 35.6 Å². The van der Waals surface area contributed by atoms with Crippen LogP contribution in [0.4, 0.5) is 18.9 Å². The number of anilines is 1. The Morgan fingerprint density at radius 1 is 1.12 bits per heavy atom. The predicted octanol–water partition coefficient (Wildman–Crippen LogP) is 4.00. The van der Waals surface area contributed by atoms with Crippen LogP contribution in [0.25, 0.3) is 0 Å². The molecular weight excluding hydrogens is 448 g/mol. The summed E-state index contributed by atoms with van der Waals surface area (Å²) in [6, 6.07) is 14.0. The van der Waals surface area contributed by atoms with Gasteiger partial charge in [0.2, 0.25) is 0 Å². The monoisotopic (exact) mass is 462 g/mol. The van der Waals surface area contributed by atoms with Crippen molar-refractivity contribution in [2.75, 3.05) is 5.32 Å². The SMILES string of the molecule is I.N#Cc1ccc(CN=C(N)Nc2ccc(OC(F)(F)F)cc2)cc1. The molecular formula is C16H14F3IN4O. The van der Waals surface area contributed by atoms with Crippen molar-refractivity contribution in [1.29, 1.82) is 5.26 Å². The maximum absolute atomic E-state index is 12.1. The molecule has 2 aromatic rings. The van der Waals surface area contributed by atoms with Crippen LogP contribution in [-0.4, -0.2) is 12.3 Å². The van der Waals surface area contributed by atoms with Crippen molar-refractivity contribution in [2.24, 2.45) is 10.7 Å². The number of guanidine groups is 1. The highest BCUT2D eigenvalue weighted by atomic mass is 127. The lowest BCUT2D eigenvalue weighted by Crippen LogP contribution is -2.22. The van der Waals surface area contributed by atoms with Crippen LogP contribution in [0.15, 0.2) is 53.5 Å². The minimum Gasteiger partial charge on any atom is -0.406 e. The van der Waals surface area contributed by atoms with Crippen LogP contribution in [0.5, 0.6) is 5.75 Å². The minimum absolute atomic E-state index is 0. The smallest absolute Gasteiger partial charge is 0.406 e. The highest BCUT2D eigenvalue weighted by Crippen LogP contribution is 2.23. The van der Waals surface area contributed by atoms with Crippen LogP contribution in [0.2, 0.25) is 0 Å². The molecule has 3 N–H and O–H groups in total. The molecule has 0 saturated heterocycles. The number of rotatable bonds is 4. The molecule has 0 aliphatic rings. The summed E-state index contributed by atoms with van der Waals surface area (Å²) >= 11 is 0. The maximum atomic E-state index is 12.1. The van der Waals surface area contributed by atoms with E-state index in [9.17, 15) is 13.2 Å². The van der Waals surface area contributed by atoms with Gasteiger partial charge in [-0.1, -0.05) is 12.1 Å². The van der Waals surface area contributed by atoms with Crippen molar-refractivity contribution in [3.8, 4) is 11.8 Å². The maximum Gasteiger partial charge on any atom is 0.573 e. The van der Waals surface area contributed by atoms with Gasteiger partial charge in [-0.05, 0) is 42.0 Å². The minimum atomic E-state index is -4.73.